The van der Waals surface area contributed by atoms with Gasteiger partial charge in [0.1, 0.15) is 0 Å². The van der Waals surface area contributed by atoms with Crippen LogP contribution in [0.15, 0.2) is 12.1 Å². The number of rotatable bonds is 2. The van der Waals surface area contributed by atoms with Crippen molar-refractivity contribution in [1.82, 2.24) is 9.97 Å². The summed E-state index contributed by atoms with van der Waals surface area (Å²) in [5.41, 5.74) is 2.88. The van der Waals surface area contributed by atoms with Crippen molar-refractivity contribution in [2.24, 2.45) is 0 Å². The van der Waals surface area contributed by atoms with Crippen LogP contribution in [0.3, 0.4) is 0 Å². The molecule has 0 bridgehead atoms. The molecule has 2 rings (SSSR count). The molecular formula is C13H7F5N4O. The van der Waals surface area contributed by atoms with Crippen LogP contribution in [0.25, 0.3) is 0 Å². The molecule has 0 aliphatic rings. The maximum Gasteiger partial charge on any atom is 0.433 e. The van der Waals surface area contributed by atoms with Crippen molar-refractivity contribution in [1.29, 1.82) is 5.26 Å². The van der Waals surface area contributed by atoms with Gasteiger partial charge in [-0.2, -0.15) is 23.4 Å². The van der Waals surface area contributed by atoms with Gasteiger partial charge < -0.3 is 10.5 Å². The Bertz CT molecular complexity index is 790. The molecule has 10 heteroatoms. The first kappa shape index (κ1) is 16.4. The Balaban J connectivity index is 2.54. The van der Waals surface area contributed by atoms with Crippen LogP contribution in [0.5, 0.6) is 11.6 Å². The topological polar surface area (TPSA) is 84.8 Å². The van der Waals surface area contributed by atoms with E-state index >= 15 is 0 Å². The Morgan fingerprint density at radius 3 is 2.22 bits per heavy atom. The van der Waals surface area contributed by atoms with E-state index in [-0.39, 0.29) is 5.56 Å². The molecule has 0 aliphatic heterocycles. The predicted octanol–water partition coefficient (Wildman–Crippen LogP) is 3.33. The first-order valence-electron chi connectivity index (χ1n) is 5.91. The highest BCUT2D eigenvalue weighted by atomic mass is 19.4. The van der Waals surface area contributed by atoms with Crippen LogP contribution in [0.1, 0.15) is 16.8 Å². The van der Waals surface area contributed by atoms with Gasteiger partial charge in [0.15, 0.2) is 17.3 Å². The van der Waals surface area contributed by atoms with E-state index in [0.29, 0.717) is 12.1 Å². The van der Waals surface area contributed by atoms with Gasteiger partial charge in [-0.3, -0.25) is 0 Å². The first-order valence-corrected chi connectivity index (χ1v) is 5.91. The second kappa shape index (κ2) is 5.68. The van der Waals surface area contributed by atoms with Crippen molar-refractivity contribution < 1.29 is 26.7 Å². The molecule has 120 valence electrons. The molecule has 2 aromatic rings. The van der Waals surface area contributed by atoms with E-state index in [1.807, 2.05) is 0 Å². The van der Waals surface area contributed by atoms with Crippen molar-refractivity contribution in [2.45, 2.75) is 13.1 Å². The smallest absolute Gasteiger partial charge is 0.432 e. The second-order valence-corrected chi connectivity index (χ2v) is 4.34. The minimum Gasteiger partial charge on any atom is -0.432 e. The molecule has 0 saturated heterocycles. The quantitative estimate of drug-likeness (QED) is 0.854. The van der Waals surface area contributed by atoms with Crippen LogP contribution in [0.4, 0.5) is 27.9 Å². The van der Waals surface area contributed by atoms with Crippen LogP contribution in [0, 0.1) is 29.9 Å². The normalized spacial score (nSPS) is 11.2. The Hall–Kier alpha value is -2.96. The third-order valence-corrected chi connectivity index (χ3v) is 2.71. The summed E-state index contributed by atoms with van der Waals surface area (Å²) < 4.78 is 70.7. The fourth-order valence-electron chi connectivity index (χ4n) is 1.71. The lowest BCUT2D eigenvalue weighted by molar-refractivity contribution is -0.141. The summed E-state index contributed by atoms with van der Waals surface area (Å²) >= 11 is 0. The van der Waals surface area contributed by atoms with Gasteiger partial charge in [0.25, 0.3) is 0 Å². The summed E-state index contributed by atoms with van der Waals surface area (Å²) in [6, 6.07) is 2.86. The molecule has 1 aromatic heterocycles. The third kappa shape index (κ3) is 3.28. The zero-order valence-corrected chi connectivity index (χ0v) is 11.4. The molecule has 0 unspecified atom stereocenters. The van der Waals surface area contributed by atoms with Crippen LogP contribution >= 0.6 is 0 Å². The standard InChI is InChI=1S/C13H7F5N4O/c1-5-10(13(16,17)18)21-12(20)22-11(5)23-9-7(14)2-6(4-19)3-8(9)15/h2-3H,1H3,(H2,20,21,22). The Morgan fingerprint density at radius 1 is 1.17 bits per heavy atom. The summed E-state index contributed by atoms with van der Waals surface area (Å²) in [5, 5.41) is 8.59. The van der Waals surface area contributed by atoms with Crippen molar-refractivity contribution in [3.63, 3.8) is 0 Å². The van der Waals surface area contributed by atoms with Gasteiger partial charge in [-0.15, -0.1) is 0 Å². The lowest BCUT2D eigenvalue weighted by Gasteiger charge is -2.14. The van der Waals surface area contributed by atoms with Gasteiger partial charge in [-0.1, -0.05) is 0 Å². The number of nitrogen functional groups attached to an aromatic ring is 1. The van der Waals surface area contributed by atoms with Crippen LogP contribution in [-0.4, -0.2) is 9.97 Å². The molecule has 0 saturated carbocycles. The summed E-state index contributed by atoms with van der Waals surface area (Å²) in [7, 11) is 0. The molecule has 0 fully saturated rings. The third-order valence-electron chi connectivity index (χ3n) is 2.71. The van der Waals surface area contributed by atoms with E-state index in [0.717, 1.165) is 6.92 Å². The lowest BCUT2D eigenvalue weighted by Crippen LogP contribution is -2.14. The molecule has 0 spiro atoms. The number of ether oxygens (including phenoxy) is 1. The molecule has 23 heavy (non-hydrogen) atoms. The fourth-order valence-corrected chi connectivity index (χ4v) is 1.71. The van der Waals surface area contributed by atoms with Crippen molar-refractivity contribution >= 4 is 5.95 Å². The Labute approximate surface area is 126 Å². The molecule has 1 aromatic carbocycles. The number of aromatic nitrogens is 2. The second-order valence-electron chi connectivity index (χ2n) is 4.34. The van der Waals surface area contributed by atoms with Crippen LogP contribution in [-0.2, 0) is 6.18 Å². The molecule has 0 aliphatic carbocycles. The summed E-state index contributed by atoms with van der Waals surface area (Å²) in [6.07, 6.45) is -4.85. The average molecular weight is 330 g/mol. The average Bonchev–Trinajstić information content (AvgIpc) is 2.44. The number of nitrogens with two attached hydrogens (primary N) is 1. The highest BCUT2D eigenvalue weighted by molar-refractivity contribution is 5.42. The molecule has 0 radical (unpaired) electrons. The van der Waals surface area contributed by atoms with Crippen LogP contribution in [0.2, 0.25) is 0 Å². The van der Waals surface area contributed by atoms with Crippen LogP contribution < -0.4 is 10.5 Å². The monoisotopic (exact) mass is 330 g/mol. The van der Waals surface area contributed by atoms with Gasteiger partial charge >= 0.3 is 6.18 Å². The zero-order chi connectivity index (χ0) is 17.4. The van der Waals surface area contributed by atoms with Gasteiger partial charge in [0.05, 0.1) is 11.6 Å². The number of benzene rings is 1. The van der Waals surface area contributed by atoms with Crippen molar-refractivity contribution in [2.75, 3.05) is 5.73 Å². The zero-order valence-electron chi connectivity index (χ0n) is 11.4. The molecular weight excluding hydrogens is 323 g/mol. The number of anilines is 1. The molecule has 0 atom stereocenters. The van der Waals surface area contributed by atoms with E-state index in [1.54, 1.807) is 0 Å². The first-order chi connectivity index (χ1) is 10.6. The summed E-state index contributed by atoms with van der Waals surface area (Å²) in [5.74, 6) is -5.06. The maximum atomic E-state index is 13.7. The van der Waals surface area contributed by atoms with Gasteiger partial charge in [0, 0.05) is 5.56 Å². The van der Waals surface area contributed by atoms with E-state index in [4.69, 9.17) is 15.7 Å². The Kier molecular flexibility index (Phi) is 4.05. The number of halogens is 5. The summed E-state index contributed by atoms with van der Waals surface area (Å²) in [4.78, 5) is 6.46. The van der Waals surface area contributed by atoms with E-state index in [2.05, 4.69) is 9.97 Å². The van der Waals surface area contributed by atoms with Crippen molar-refractivity contribution in [3.05, 3.63) is 40.6 Å². The van der Waals surface area contributed by atoms with Gasteiger partial charge in [0.2, 0.25) is 17.6 Å². The SMILES string of the molecule is Cc1c(Oc2c(F)cc(C#N)cc2F)nc(N)nc1C(F)(F)F. The van der Waals surface area contributed by atoms with Crippen molar-refractivity contribution in [3.8, 4) is 17.7 Å². The minimum atomic E-state index is -4.85. The number of nitriles is 1. The lowest BCUT2D eigenvalue weighted by atomic mass is 10.2. The highest BCUT2D eigenvalue weighted by Gasteiger charge is 2.37. The molecule has 2 N–H and O–H groups in total. The number of nitrogens with zero attached hydrogens (tertiary/aromatic N) is 3. The van der Waals surface area contributed by atoms with Gasteiger partial charge in [-0.05, 0) is 19.1 Å². The number of alkyl halides is 3. The van der Waals surface area contributed by atoms with E-state index < -0.39 is 46.6 Å². The molecule has 1 heterocycles. The Morgan fingerprint density at radius 2 is 1.74 bits per heavy atom. The minimum absolute atomic E-state index is 0.317. The van der Waals surface area contributed by atoms with Gasteiger partial charge in [-0.25, -0.2) is 13.8 Å². The number of hydrogen-bond acceptors (Lipinski definition) is 5. The molecule has 0 amide bonds. The maximum absolute atomic E-state index is 13.7. The highest BCUT2D eigenvalue weighted by Crippen LogP contribution is 2.36. The number of hydrogen-bond donors (Lipinski definition) is 1. The molecule has 5 nitrogen and oxygen atoms in total. The predicted molar refractivity (Wildman–Crippen MR) is 67.3 cm³/mol. The van der Waals surface area contributed by atoms with E-state index in [1.165, 1.54) is 6.07 Å². The largest absolute Gasteiger partial charge is 0.433 e. The summed E-state index contributed by atoms with van der Waals surface area (Å²) in [6.45, 7) is 0.969. The van der Waals surface area contributed by atoms with E-state index in [9.17, 15) is 22.0 Å². The fraction of sp³-hybridized carbons (Fsp3) is 0.154.